The number of amides is 1. The van der Waals surface area contributed by atoms with Crippen LogP contribution in [0.2, 0.25) is 0 Å². The van der Waals surface area contributed by atoms with Crippen molar-refractivity contribution in [1.29, 1.82) is 0 Å². The molecular formula is C15H21BrN2O3S. The van der Waals surface area contributed by atoms with Crippen molar-refractivity contribution >= 4 is 31.9 Å². The van der Waals surface area contributed by atoms with E-state index >= 15 is 0 Å². The second-order valence-electron chi connectivity index (χ2n) is 5.80. The molecule has 1 aliphatic heterocycles. The van der Waals surface area contributed by atoms with E-state index in [1.807, 2.05) is 0 Å². The van der Waals surface area contributed by atoms with Gasteiger partial charge in [0.15, 0.2) is 0 Å². The van der Waals surface area contributed by atoms with E-state index in [9.17, 15) is 13.2 Å². The van der Waals surface area contributed by atoms with Crippen LogP contribution in [0.5, 0.6) is 0 Å². The summed E-state index contributed by atoms with van der Waals surface area (Å²) in [5.74, 6) is 0.464. The van der Waals surface area contributed by atoms with Crippen LogP contribution in [0.1, 0.15) is 26.7 Å². The maximum absolute atomic E-state index is 12.4. The van der Waals surface area contributed by atoms with Crippen molar-refractivity contribution in [3.05, 3.63) is 28.7 Å². The summed E-state index contributed by atoms with van der Waals surface area (Å²) in [6, 6.07) is 5.57. The van der Waals surface area contributed by atoms with Gasteiger partial charge in [0.25, 0.3) is 0 Å². The standard InChI is InChI=1S/C15H21BrN2O3S/c1-11-7-9-18(10-8-11)15(19)12(2)17-22(20,21)14-5-3-13(16)4-6-14/h3-6,11-12,17H,7-10H2,1-2H3. The zero-order valence-electron chi connectivity index (χ0n) is 12.8. The average molecular weight is 389 g/mol. The zero-order valence-corrected chi connectivity index (χ0v) is 15.2. The van der Waals surface area contributed by atoms with Crippen LogP contribution >= 0.6 is 15.9 Å². The highest BCUT2D eigenvalue weighted by atomic mass is 79.9. The lowest BCUT2D eigenvalue weighted by Crippen LogP contribution is -2.49. The molecule has 0 aromatic heterocycles. The summed E-state index contributed by atoms with van der Waals surface area (Å²) in [5.41, 5.74) is 0. The van der Waals surface area contributed by atoms with Gasteiger partial charge < -0.3 is 4.90 Å². The molecule has 1 aliphatic rings. The number of carbonyl (C=O) groups excluding carboxylic acids is 1. The van der Waals surface area contributed by atoms with Gasteiger partial charge >= 0.3 is 0 Å². The molecule has 22 heavy (non-hydrogen) atoms. The van der Waals surface area contributed by atoms with Gasteiger partial charge in [-0.25, -0.2) is 8.42 Å². The number of nitrogens with zero attached hydrogens (tertiary/aromatic N) is 1. The highest BCUT2D eigenvalue weighted by Crippen LogP contribution is 2.18. The first-order valence-corrected chi connectivity index (χ1v) is 9.64. The fourth-order valence-electron chi connectivity index (χ4n) is 2.47. The van der Waals surface area contributed by atoms with Gasteiger partial charge in [0.1, 0.15) is 0 Å². The van der Waals surface area contributed by atoms with Crippen molar-refractivity contribution in [2.24, 2.45) is 5.92 Å². The number of piperidine rings is 1. The lowest BCUT2D eigenvalue weighted by atomic mass is 9.99. The Labute approximate surface area is 140 Å². The van der Waals surface area contributed by atoms with Gasteiger partial charge in [-0.1, -0.05) is 22.9 Å². The highest BCUT2D eigenvalue weighted by molar-refractivity contribution is 9.10. The molecule has 1 aromatic carbocycles. The van der Waals surface area contributed by atoms with Gasteiger partial charge in [-0.2, -0.15) is 4.72 Å². The molecule has 0 bridgehead atoms. The average Bonchev–Trinajstić information content (AvgIpc) is 2.47. The molecule has 1 N–H and O–H groups in total. The van der Waals surface area contributed by atoms with Crippen molar-refractivity contribution in [2.75, 3.05) is 13.1 Å². The van der Waals surface area contributed by atoms with E-state index in [1.165, 1.54) is 12.1 Å². The Bertz CT molecular complexity index is 623. The molecule has 1 aromatic rings. The maximum atomic E-state index is 12.4. The number of rotatable bonds is 4. The van der Waals surface area contributed by atoms with Gasteiger partial charge in [-0.15, -0.1) is 0 Å². The molecule has 7 heteroatoms. The number of carbonyl (C=O) groups is 1. The summed E-state index contributed by atoms with van der Waals surface area (Å²) < 4.78 is 27.9. The number of benzene rings is 1. The number of halogens is 1. The Balaban J connectivity index is 2.02. The molecule has 1 heterocycles. The minimum absolute atomic E-state index is 0.155. The first-order chi connectivity index (χ1) is 10.3. The summed E-state index contributed by atoms with van der Waals surface area (Å²) in [5, 5.41) is 0. The van der Waals surface area contributed by atoms with E-state index in [4.69, 9.17) is 0 Å². The molecule has 5 nitrogen and oxygen atoms in total. The van der Waals surface area contributed by atoms with Crippen LogP contribution in [-0.2, 0) is 14.8 Å². The van der Waals surface area contributed by atoms with Crippen molar-refractivity contribution in [3.8, 4) is 0 Å². The van der Waals surface area contributed by atoms with Crippen LogP contribution in [0.4, 0.5) is 0 Å². The van der Waals surface area contributed by atoms with Crippen LogP contribution in [0.25, 0.3) is 0 Å². The lowest BCUT2D eigenvalue weighted by Gasteiger charge is -2.32. The normalized spacial score (nSPS) is 18.2. The summed E-state index contributed by atoms with van der Waals surface area (Å²) in [6.45, 7) is 5.16. The summed E-state index contributed by atoms with van der Waals surface area (Å²) in [7, 11) is -3.69. The third kappa shape index (κ3) is 4.30. The van der Waals surface area contributed by atoms with E-state index in [-0.39, 0.29) is 10.8 Å². The third-order valence-electron chi connectivity index (χ3n) is 3.92. The molecule has 122 valence electrons. The first-order valence-electron chi connectivity index (χ1n) is 7.36. The number of hydrogen-bond acceptors (Lipinski definition) is 3. The molecular weight excluding hydrogens is 368 g/mol. The van der Waals surface area contributed by atoms with E-state index in [0.29, 0.717) is 19.0 Å². The van der Waals surface area contributed by atoms with Crippen LogP contribution in [0.15, 0.2) is 33.6 Å². The number of hydrogen-bond donors (Lipinski definition) is 1. The van der Waals surface area contributed by atoms with Gasteiger partial charge in [-0.05, 0) is 49.9 Å². The van der Waals surface area contributed by atoms with E-state index < -0.39 is 16.1 Å². The number of likely N-dealkylation sites (tertiary alicyclic amines) is 1. The highest BCUT2D eigenvalue weighted by Gasteiger charge is 2.27. The number of sulfonamides is 1. The quantitative estimate of drug-likeness (QED) is 0.860. The molecule has 1 atom stereocenters. The van der Waals surface area contributed by atoms with Crippen molar-refractivity contribution in [3.63, 3.8) is 0 Å². The van der Waals surface area contributed by atoms with Crippen molar-refractivity contribution in [1.82, 2.24) is 9.62 Å². The van der Waals surface area contributed by atoms with Crippen LogP contribution in [-0.4, -0.2) is 38.4 Å². The predicted octanol–water partition coefficient (Wildman–Crippen LogP) is 2.37. The third-order valence-corrected chi connectivity index (χ3v) is 6.01. The molecule has 0 saturated carbocycles. The molecule has 1 fully saturated rings. The summed E-state index contributed by atoms with van der Waals surface area (Å²) in [4.78, 5) is 14.3. The predicted molar refractivity (Wildman–Crippen MR) is 88.9 cm³/mol. The molecule has 1 amide bonds. The van der Waals surface area contributed by atoms with E-state index in [0.717, 1.165) is 17.3 Å². The SMILES string of the molecule is CC1CCN(C(=O)C(C)NS(=O)(=O)c2ccc(Br)cc2)CC1. The molecule has 0 aliphatic carbocycles. The minimum atomic E-state index is -3.69. The van der Waals surface area contributed by atoms with E-state index in [2.05, 4.69) is 27.6 Å². The Morgan fingerprint density at radius 1 is 1.27 bits per heavy atom. The summed E-state index contributed by atoms with van der Waals surface area (Å²) in [6.07, 6.45) is 1.94. The van der Waals surface area contributed by atoms with Gasteiger partial charge in [-0.3, -0.25) is 4.79 Å². The molecule has 0 radical (unpaired) electrons. The van der Waals surface area contributed by atoms with Crippen LogP contribution in [0.3, 0.4) is 0 Å². The van der Waals surface area contributed by atoms with Crippen LogP contribution < -0.4 is 4.72 Å². The van der Waals surface area contributed by atoms with Gasteiger partial charge in [0, 0.05) is 17.6 Å². The van der Waals surface area contributed by atoms with Crippen molar-refractivity contribution < 1.29 is 13.2 Å². The topological polar surface area (TPSA) is 66.5 Å². The van der Waals surface area contributed by atoms with Gasteiger partial charge in [0.05, 0.1) is 10.9 Å². The van der Waals surface area contributed by atoms with E-state index in [1.54, 1.807) is 24.0 Å². The number of nitrogens with one attached hydrogen (secondary N) is 1. The van der Waals surface area contributed by atoms with Crippen molar-refractivity contribution in [2.45, 2.75) is 37.6 Å². The Morgan fingerprint density at radius 3 is 2.36 bits per heavy atom. The van der Waals surface area contributed by atoms with Crippen LogP contribution in [0, 0.1) is 5.92 Å². The fraction of sp³-hybridized carbons (Fsp3) is 0.533. The summed E-state index contributed by atoms with van der Waals surface area (Å²) >= 11 is 3.27. The maximum Gasteiger partial charge on any atom is 0.241 e. The second-order valence-corrected chi connectivity index (χ2v) is 8.43. The Morgan fingerprint density at radius 2 is 1.82 bits per heavy atom. The van der Waals surface area contributed by atoms with Gasteiger partial charge in [0.2, 0.25) is 15.9 Å². The first kappa shape index (κ1) is 17.4. The smallest absolute Gasteiger partial charge is 0.241 e. The minimum Gasteiger partial charge on any atom is -0.341 e. The zero-order chi connectivity index (χ0) is 16.3. The Kier molecular flexibility index (Phi) is 5.63. The second kappa shape index (κ2) is 7.10. The molecule has 1 unspecified atom stereocenters. The Hall–Kier alpha value is -0.920. The largest absolute Gasteiger partial charge is 0.341 e. The molecule has 0 spiro atoms. The molecule has 1 saturated heterocycles. The monoisotopic (exact) mass is 388 g/mol. The molecule has 2 rings (SSSR count). The fourth-order valence-corrected chi connectivity index (χ4v) is 3.93. The lowest BCUT2D eigenvalue weighted by molar-refractivity contribution is -0.133.